The summed E-state index contributed by atoms with van der Waals surface area (Å²) in [5.74, 6) is 0.0602. The number of fused-ring (bicyclic) bond motifs is 1. The number of aromatic nitrogens is 2. The number of nitrogens with one attached hydrogen (secondary N) is 3. The maximum Gasteiger partial charge on any atom is 0.410 e. The van der Waals surface area contributed by atoms with Gasteiger partial charge in [-0.25, -0.2) is 14.2 Å². The molecule has 1 fully saturated rings. The average molecular weight is 630 g/mol. The van der Waals surface area contributed by atoms with Gasteiger partial charge in [0.05, 0.1) is 35.9 Å². The van der Waals surface area contributed by atoms with Crippen LogP contribution in [0.15, 0.2) is 23.3 Å². The summed E-state index contributed by atoms with van der Waals surface area (Å²) in [4.78, 5) is 26.0. The number of hydrogen-bond donors (Lipinski definition) is 5. The Morgan fingerprint density at radius 1 is 1.26 bits per heavy atom. The maximum atomic E-state index is 17.1. The number of carboxylic acid groups (broad SMARTS) is 1. The van der Waals surface area contributed by atoms with E-state index in [-0.39, 0.29) is 11.5 Å². The number of nitriles is 1. The van der Waals surface area contributed by atoms with E-state index in [2.05, 4.69) is 47.2 Å². The smallest absolute Gasteiger partial charge is 0.410 e. The zero-order valence-corrected chi connectivity index (χ0v) is 28.0. The molecule has 13 heteroatoms. The SMILES string of the molecule is CC[Si](CC)(CC)c1cc(NCc2ncc(C#N)cc2C)nc([C@@]2(C)N=C(NC(=O)O)C(C)(C)[SH]3(=O)NCCC[C@@H]23)c1F. The molecule has 4 rings (SSSR count). The predicted molar refractivity (Wildman–Crippen MR) is 173 cm³/mol. The van der Waals surface area contributed by atoms with E-state index in [1.165, 1.54) is 6.20 Å². The third-order valence-electron chi connectivity index (χ3n) is 9.86. The Morgan fingerprint density at radius 2 is 1.93 bits per heavy atom. The fourth-order valence-electron chi connectivity index (χ4n) is 6.83. The summed E-state index contributed by atoms with van der Waals surface area (Å²) in [6.07, 6.45) is 1.46. The lowest BCUT2D eigenvalue weighted by Crippen LogP contribution is -2.70. The molecule has 1 saturated heterocycles. The highest BCUT2D eigenvalue weighted by Crippen LogP contribution is 2.48. The van der Waals surface area contributed by atoms with Crippen LogP contribution in [0.1, 0.15) is 76.9 Å². The second-order valence-corrected chi connectivity index (χ2v) is 20.9. The van der Waals surface area contributed by atoms with Crippen LogP contribution in [0.4, 0.5) is 15.0 Å². The number of aryl methyl sites for hydroxylation is 1. The summed E-state index contributed by atoms with van der Waals surface area (Å²) in [6.45, 7) is 14.2. The van der Waals surface area contributed by atoms with Crippen molar-refractivity contribution in [1.82, 2.24) is 20.0 Å². The Morgan fingerprint density at radius 3 is 2.51 bits per heavy atom. The first kappa shape index (κ1) is 32.7. The minimum atomic E-state index is -3.37. The van der Waals surface area contributed by atoms with Crippen LogP contribution in [0.5, 0.6) is 0 Å². The largest absolute Gasteiger partial charge is 0.465 e. The Hall–Kier alpha value is -3.21. The van der Waals surface area contributed by atoms with Crippen molar-refractivity contribution in [1.29, 1.82) is 5.26 Å². The Bertz CT molecular complexity index is 1530. The molecule has 2 atom stereocenters. The fraction of sp³-hybridized carbons (Fsp3) is 0.567. The second-order valence-electron chi connectivity index (χ2n) is 12.3. The summed E-state index contributed by atoms with van der Waals surface area (Å²) >= 11 is 0. The molecule has 43 heavy (non-hydrogen) atoms. The van der Waals surface area contributed by atoms with Crippen LogP contribution in [-0.4, -0.2) is 55.8 Å². The van der Waals surface area contributed by atoms with Gasteiger partial charge in [-0.05, 0) is 73.5 Å². The summed E-state index contributed by atoms with van der Waals surface area (Å²) in [6, 6.07) is 8.18. The molecule has 0 bridgehead atoms. The number of rotatable bonds is 8. The number of nitrogens with zero attached hydrogens (tertiary/aromatic N) is 4. The minimum Gasteiger partial charge on any atom is -0.465 e. The number of thiol groups is 1. The molecule has 1 amide bonds. The van der Waals surface area contributed by atoms with E-state index in [1.807, 2.05) is 13.0 Å². The van der Waals surface area contributed by atoms with E-state index in [9.17, 15) is 19.4 Å². The van der Waals surface area contributed by atoms with E-state index in [1.54, 1.807) is 26.8 Å². The Labute approximate surface area is 255 Å². The molecule has 2 aliphatic heterocycles. The topological polar surface area (TPSA) is 152 Å². The maximum absolute atomic E-state index is 17.1. The Balaban J connectivity index is 1.96. The van der Waals surface area contributed by atoms with Gasteiger partial charge < -0.3 is 10.4 Å². The first-order valence-corrected chi connectivity index (χ1v) is 19.4. The van der Waals surface area contributed by atoms with E-state index in [0.717, 1.165) is 35.8 Å². The van der Waals surface area contributed by atoms with E-state index < -0.39 is 45.6 Å². The lowest BCUT2D eigenvalue weighted by molar-refractivity contribution is 0.199. The van der Waals surface area contributed by atoms with Crippen LogP contribution in [0, 0.1) is 24.1 Å². The molecule has 10 nitrogen and oxygen atoms in total. The van der Waals surface area contributed by atoms with Crippen molar-refractivity contribution in [2.24, 2.45) is 4.99 Å². The molecule has 0 spiro atoms. The zero-order chi connectivity index (χ0) is 31.8. The number of hydrogen-bond acceptors (Lipinski definition) is 7. The van der Waals surface area contributed by atoms with Gasteiger partial charge in [-0.2, -0.15) is 5.26 Å². The molecule has 4 heterocycles. The molecule has 234 valence electrons. The molecule has 4 N–H and O–H groups in total. The van der Waals surface area contributed by atoms with E-state index in [4.69, 9.17) is 9.98 Å². The number of halogens is 1. The summed E-state index contributed by atoms with van der Waals surface area (Å²) in [5.41, 5.74) is 0.732. The minimum absolute atomic E-state index is 0.0417. The highest BCUT2D eigenvalue weighted by Gasteiger charge is 2.59. The van der Waals surface area contributed by atoms with Gasteiger partial charge in [0.1, 0.15) is 34.8 Å². The van der Waals surface area contributed by atoms with Crippen LogP contribution in [0.3, 0.4) is 0 Å². The average Bonchev–Trinajstić information content (AvgIpc) is 2.97. The number of carbonyl (C=O) groups is 1. The van der Waals surface area contributed by atoms with Crippen molar-refractivity contribution in [3.8, 4) is 6.07 Å². The molecule has 0 aromatic carbocycles. The zero-order valence-electron chi connectivity index (χ0n) is 26.1. The summed E-state index contributed by atoms with van der Waals surface area (Å²) < 4.78 is 34.1. The third kappa shape index (κ3) is 5.49. The molecule has 0 saturated carbocycles. The number of amidine groups is 1. The number of anilines is 1. The number of amides is 1. The monoisotopic (exact) mass is 629 g/mol. The molecule has 0 unspecified atom stereocenters. The second kappa shape index (κ2) is 12.1. The van der Waals surface area contributed by atoms with Gasteiger partial charge in [-0.1, -0.05) is 38.9 Å². The molecule has 0 aliphatic carbocycles. The van der Waals surface area contributed by atoms with Crippen LogP contribution < -0.4 is 20.5 Å². The number of pyridine rings is 2. The van der Waals surface area contributed by atoms with Crippen LogP contribution in [-0.2, 0) is 22.2 Å². The van der Waals surface area contributed by atoms with E-state index >= 15 is 4.39 Å². The molecule has 2 aromatic heterocycles. The van der Waals surface area contributed by atoms with Crippen LogP contribution >= 0.6 is 0 Å². The summed E-state index contributed by atoms with van der Waals surface area (Å²) in [7, 11) is -5.68. The number of aliphatic imine (C=N–C) groups is 1. The first-order chi connectivity index (χ1) is 20.2. The highest BCUT2D eigenvalue weighted by atomic mass is 32.3. The van der Waals surface area contributed by atoms with Crippen molar-refractivity contribution in [3.63, 3.8) is 0 Å². The summed E-state index contributed by atoms with van der Waals surface area (Å²) in [5, 5.41) is 24.7. The predicted octanol–water partition coefficient (Wildman–Crippen LogP) is 4.48. The van der Waals surface area contributed by atoms with Gasteiger partial charge in [0, 0.05) is 12.7 Å². The molecule has 2 aromatic rings. The lowest BCUT2D eigenvalue weighted by atomic mass is 9.88. The Kier molecular flexibility index (Phi) is 9.16. The molecular formula is C30H44FN7O3SSi. The van der Waals surface area contributed by atoms with E-state index in [0.29, 0.717) is 36.1 Å². The van der Waals surface area contributed by atoms with Crippen molar-refractivity contribution in [3.05, 3.63) is 46.7 Å². The third-order valence-corrected chi connectivity index (χ3v) is 19.6. The fourth-order valence-corrected chi connectivity index (χ4v) is 14.2. The molecule has 0 radical (unpaired) electrons. The van der Waals surface area contributed by atoms with Gasteiger partial charge in [0.2, 0.25) is 0 Å². The van der Waals surface area contributed by atoms with Gasteiger partial charge in [-0.3, -0.25) is 24.2 Å². The quantitative estimate of drug-likeness (QED) is 0.213. The van der Waals surface area contributed by atoms with Gasteiger partial charge >= 0.3 is 6.09 Å². The van der Waals surface area contributed by atoms with Crippen molar-refractivity contribution in [2.45, 2.75) is 102 Å². The van der Waals surface area contributed by atoms with Gasteiger partial charge in [0.25, 0.3) is 0 Å². The normalized spacial score (nSPS) is 23.3. The van der Waals surface area contributed by atoms with Crippen LogP contribution in [0.25, 0.3) is 0 Å². The van der Waals surface area contributed by atoms with Crippen molar-refractivity contribution in [2.75, 3.05) is 11.9 Å². The molecular weight excluding hydrogens is 586 g/mol. The lowest BCUT2D eigenvalue weighted by Gasteiger charge is -2.56. The van der Waals surface area contributed by atoms with Crippen molar-refractivity contribution < 1.29 is 18.5 Å². The first-order valence-electron chi connectivity index (χ1n) is 15.0. The van der Waals surface area contributed by atoms with Gasteiger partial charge in [-0.15, -0.1) is 0 Å². The molecule has 2 aliphatic rings. The van der Waals surface area contributed by atoms with Gasteiger partial charge in [0.15, 0.2) is 0 Å². The van der Waals surface area contributed by atoms with Crippen molar-refractivity contribution >= 4 is 41.1 Å². The standard InChI is InChI=1S/C30H44FN7O3SSi/c1-8-43(9-2,10-3)22-15-24(34-18-21-19(4)14-20(16-32)17-33-21)36-26(25(22)31)30(7)23-12-11-13-35-42(23,41)29(5,6)27(38-30)37-28(39)40/h14-15,17,23,42H,8-13,18H2,1-7H3,(H,34,36)(H,35,41)(H,37,38)(H,39,40)/t23-,30-/m0/s1. The highest BCUT2D eigenvalue weighted by molar-refractivity contribution is 8.04. The van der Waals surface area contributed by atoms with Crippen LogP contribution in [0.2, 0.25) is 18.1 Å².